The number of nitrogens with zero attached hydrogens (tertiary/aromatic N) is 3. The highest BCUT2D eigenvalue weighted by molar-refractivity contribution is 9.10. The predicted molar refractivity (Wildman–Crippen MR) is 195 cm³/mol. The van der Waals surface area contributed by atoms with Gasteiger partial charge in [0.15, 0.2) is 5.82 Å². The van der Waals surface area contributed by atoms with E-state index in [4.69, 9.17) is 34.8 Å². The molecule has 45 heavy (non-hydrogen) atoms. The minimum Gasteiger partial charge on any atom is -0.385 e. The van der Waals surface area contributed by atoms with Gasteiger partial charge in [-0.2, -0.15) is 5.10 Å². The summed E-state index contributed by atoms with van der Waals surface area (Å²) in [6.07, 6.45) is 14.4. The van der Waals surface area contributed by atoms with E-state index in [1.54, 1.807) is 10.9 Å². The summed E-state index contributed by atoms with van der Waals surface area (Å²) in [6, 6.07) is 16.6. The van der Waals surface area contributed by atoms with Gasteiger partial charge in [0, 0.05) is 35.9 Å². The molecule has 1 aliphatic rings. The first kappa shape index (κ1) is 34.0. The molecule has 9 heteroatoms. The second-order valence-electron chi connectivity index (χ2n) is 11.8. The molecule has 2 N–H and O–H groups in total. The van der Waals surface area contributed by atoms with Crippen LogP contribution in [-0.2, 0) is 6.42 Å². The molecule has 1 unspecified atom stereocenters. The van der Waals surface area contributed by atoms with E-state index >= 15 is 0 Å². The first-order valence-corrected chi connectivity index (χ1v) is 17.8. The normalized spacial score (nSPS) is 14.1. The van der Waals surface area contributed by atoms with Crippen LogP contribution in [0.2, 0.25) is 15.1 Å². The van der Waals surface area contributed by atoms with Crippen molar-refractivity contribution >= 4 is 62.5 Å². The number of hydrogen-bond acceptors (Lipinski definition) is 4. The number of anilines is 1. The smallest absolute Gasteiger partial charge is 0.172 e. The van der Waals surface area contributed by atoms with Crippen molar-refractivity contribution in [2.45, 2.75) is 70.6 Å². The highest BCUT2D eigenvalue weighted by Gasteiger charge is 2.29. The van der Waals surface area contributed by atoms with E-state index in [9.17, 15) is 0 Å². The Balaban J connectivity index is 1.05. The van der Waals surface area contributed by atoms with Gasteiger partial charge in [-0.3, -0.25) is 0 Å². The minimum atomic E-state index is 0.208. The molecule has 2 heterocycles. The number of halogens is 4. The number of aromatic nitrogens is 3. The van der Waals surface area contributed by atoms with Crippen LogP contribution in [-0.4, -0.2) is 34.9 Å². The summed E-state index contributed by atoms with van der Waals surface area (Å²) < 4.78 is 2.39. The largest absolute Gasteiger partial charge is 0.385 e. The number of fused-ring (bicyclic) bond motifs is 1. The van der Waals surface area contributed by atoms with E-state index in [2.05, 4.69) is 86.0 Å². The average molecular weight is 730 g/mol. The van der Waals surface area contributed by atoms with Gasteiger partial charge in [-0.05, 0) is 101 Å². The number of rotatable bonds is 16. The maximum Gasteiger partial charge on any atom is 0.172 e. The summed E-state index contributed by atoms with van der Waals surface area (Å²) in [5.41, 5.74) is 8.67. The summed E-state index contributed by atoms with van der Waals surface area (Å²) in [6.45, 7) is 3.97. The summed E-state index contributed by atoms with van der Waals surface area (Å²) in [7, 11) is 2.01. The first-order chi connectivity index (χ1) is 21.9. The van der Waals surface area contributed by atoms with Crippen molar-refractivity contribution in [3.05, 3.63) is 108 Å². The van der Waals surface area contributed by atoms with Gasteiger partial charge in [0.05, 0.1) is 15.7 Å². The van der Waals surface area contributed by atoms with Gasteiger partial charge in [0.25, 0.3) is 0 Å². The Morgan fingerprint density at radius 2 is 1.62 bits per heavy atom. The summed E-state index contributed by atoms with van der Waals surface area (Å²) in [5.74, 6) is 0.817. The van der Waals surface area contributed by atoms with Gasteiger partial charge in [-0.15, -0.1) is 0 Å². The molecule has 0 saturated heterocycles. The SMILES string of the molecule is CNCC1=Cc2ccccc2C1c1cc(Cl)cc(C)c1NCCCCCCCCCCc1c(Cl)c(Br)nn1-c1ncccc1Cl. The molecular formula is C36H41BrCl3N5. The molecule has 0 radical (unpaired) electrons. The van der Waals surface area contributed by atoms with Crippen molar-refractivity contribution in [3.8, 4) is 5.82 Å². The molecule has 1 aliphatic carbocycles. The molecule has 238 valence electrons. The molecule has 5 rings (SSSR count). The van der Waals surface area contributed by atoms with E-state index in [0.717, 1.165) is 49.5 Å². The van der Waals surface area contributed by atoms with Gasteiger partial charge in [-0.25, -0.2) is 9.67 Å². The lowest BCUT2D eigenvalue weighted by Crippen LogP contribution is -2.16. The molecule has 4 aromatic rings. The third-order valence-corrected chi connectivity index (χ3v) is 10.2. The lowest BCUT2D eigenvalue weighted by Gasteiger charge is -2.23. The number of pyridine rings is 1. The molecule has 0 spiro atoms. The van der Waals surface area contributed by atoms with Crippen LogP contribution in [0.15, 0.2) is 64.9 Å². The standard InChI is InChI=1S/C36H41BrCl3N5/c1-24-20-27(38)22-29(32-26(23-41-2)21-25-14-10-11-15-28(25)32)34(24)42-18-12-8-6-4-3-5-7-9-17-31-33(40)35(37)44-45(31)36-30(39)16-13-19-43-36/h10-11,13-16,19-22,32,41-42H,3-9,12,17-18,23H2,1-2H3. The van der Waals surface area contributed by atoms with Crippen LogP contribution in [0, 0.1) is 6.92 Å². The second kappa shape index (κ2) is 16.5. The molecule has 0 bridgehead atoms. The number of aryl methyl sites for hydroxylation is 1. The van der Waals surface area contributed by atoms with Crippen molar-refractivity contribution in [2.24, 2.45) is 0 Å². The number of nitrogens with one attached hydrogen (secondary N) is 2. The lowest BCUT2D eigenvalue weighted by molar-refractivity contribution is 0.568. The van der Waals surface area contributed by atoms with Crippen molar-refractivity contribution in [2.75, 3.05) is 25.5 Å². The Bertz CT molecular complexity index is 1630. The first-order valence-electron chi connectivity index (χ1n) is 15.9. The Morgan fingerprint density at radius 3 is 2.38 bits per heavy atom. The number of unbranched alkanes of at least 4 members (excludes halogenated alkanes) is 7. The number of likely N-dealkylation sites (N-methyl/N-ethyl adjacent to an activating group) is 1. The van der Waals surface area contributed by atoms with Gasteiger partial charge in [-0.1, -0.05) is 104 Å². The fourth-order valence-electron chi connectivity index (χ4n) is 6.37. The average Bonchev–Trinajstić information content (AvgIpc) is 3.52. The van der Waals surface area contributed by atoms with Crippen molar-refractivity contribution in [3.63, 3.8) is 0 Å². The fourth-order valence-corrected chi connectivity index (χ4v) is 7.45. The van der Waals surface area contributed by atoms with Crippen molar-refractivity contribution in [1.82, 2.24) is 20.1 Å². The van der Waals surface area contributed by atoms with Gasteiger partial charge in [0.1, 0.15) is 4.60 Å². The molecule has 2 aromatic carbocycles. The zero-order valence-electron chi connectivity index (χ0n) is 26.0. The maximum absolute atomic E-state index is 6.61. The van der Waals surface area contributed by atoms with Crippen LogP contribution in [0.25, 0.3) is 11.9 Å². The predicted octanol–water partition coefficient (Wildman–Crippen LogP) is 10.8. The quantitative estimate of drug-likeness (QED) is 0.113. The summed E-state index contributed by atoms with van der Waals surface area (Å²) in [5, 5.41) is 13.7. The zero-order valence-corrected chi connectivity index (χ0v) is 29.8. The molecule has 0 saturated carbocycles. The lowest BCUT2D eigenvalue weighted by atomic mass is 9.86. The van der Waals surface area contributed by atoms with E-state index in [-0.39, 0.29) is 5.92 Å². The van der Waals surface area contributed by atoms with Crippen LogP contribution >= 0.6 is 50.7 Å². The third-order valence-electron chi connectivity index (χ3n) is 8.50. The fraction of sp³-hybridized carbons (Fsp3) is 0.389. The highest BCUT2D eigenvalue weighted by atomic mass is 79.9. The van der Waals surface area contributed by atoms with Crippen LogP contribution in [0.4, 0.5) is 5.69 Å². The summed E-state index contributed by atoms with van der Waals surface area (Å²) in [4.78, 5) is 4.40. The topological polar surface area (TPSA) is 54.8 Å². The Morgan fingerprint density at radius 1 is 0.889 bits per heavy atom. The number of benzene rings is 2. The van der Waals surface area contributed by atoms with Crippen LogP contribution in [0.1, 0.15) is 85.2 Å². The maximum atomic E-state index is 6.61. The number of hydrogen-bond donors (Lipinski definition) is 2. The second-order valence-corrected chi connectivity index (χ2v) is 13.7. The Labute approximate surface area is 290 Å². The Hall–Kier alpha value is -2.35. The molecule has 2 aromatic heterocycles. The van der Waals surface area contributed by atoms with Crippen LogP contribution < -0.4 is 10.6 Å². The summed E-state index contributed by atoms with van der Waals surface area (Å²) >= 11 is 23.0. The van der Waals surface area contributed by atoms with Crippen molar-refractivity contribution < 1.29 is 0 Å². The van der Waals surface area contributed by atoms with E-state index in [1.807, 2.05) is 19.2 Å². The minimum absolute atomic E-state index is 0.208. The van der Waals surface area contributed by atoms with Gasteiger partial charge >= 0.3 is 0 Å². The highest BCUT2D eigenvalue weighted by Crippen LogP contribution is 2.45. The van der Waals surface area contributed by atoms with Crippen molar-refractivity contribution in [1.29, 1.82) is 0 Å². The molecule has 0 fully saturated rings. The zero-order chi connectivity index (χ0) is 31.8. The van der Waals surface area contributed by atoms with Gasteiger partial charge in [0.2, 0.25) is 0 Å². The molecular weight excluding hydrogens is 689 g/mol. The van der Waals surface area contributed by atoms with E-state index in [1.165, 1.54) is 65.6 Å². The van der Waals surface area contributed by atoms with Gasteiger partial charge < -0.3 is 10.6 Å². The Kier molecular flexibility index (Phi) is 12.4. The molecule has 5 nitrogen and oxygen atoms in total. The monoisotopic (exact) mass is 727 g/mol. The molecule has 0 amide bonds. The van der Waals surface area contributed by atoms with E-state index in [0.29, 0.717) is 20.5 Å². The van der Waals surface area contributed by atoms with Crippen LogP contribution in [0.3, 0.4) is 0 Å². The molecule has 0 aliphatic heterocycles. The van der Waals surface area contributed by atoms with Crippen LogP contribution in [0.5, 0.6) is 0 Å². The molecule has 1 atom stereocenters. The third kappa shape index (κ3) is 8.33. The van der Waals surface area contributed by atoms with E-state index < -0.39 is 0 Å².